The summed E-state index contributed by atoms with van der Waals surface area (Å²) in [5.41, 5.74) is 9.21. The van der Waals surface area contributed by atoms with E-state index in [-0.39, 0.29) is 0 Å². The highest BCUT2D eigenvalue weighted by molar-refractivity contribution is 9.11. The van der Waals surface area contributed by atoms with Gasteiger partial charge in [-0.05, 0) is 109 Å². The monoisotopic (exact) mass is 524 g/mol. The molecule has 0 amide bonds. The van der Waals surface area contributed by atoms with E-state index in [0.717, 1.165) is 36.2 Å². The Hall–Kier alpha value is -1.87. The summed E-state index contributed by atoms with van der Waals surface area (Å²) in [5.74, 6) is 0. The van der Waals surface area contributed by atoms with E-state index in [2.05, 4.69) is 106 Å². The smallest absolute Gasteiger partial charge is 0.0484 e. The normalized spacial score (nSPS) is 10.9. The lowest BCUT2D eigenvalue weighted by atomic mass is 9.92. The number of aryl methyl sites for hydroxylation is 2. The summed E-state index contributed by atoms with van der Waals surface area (Å²) >= 11 is 14.1. The van der Waals surface area contributed by atoms with Gasteiger partial charge in [0.25, 0.3) is 0 Å². The lowest BCUT2D eigenvalue weighted by Gasteiger charge is -2.15. The van der Waals surface area contributed by atoms with E-state index < -0.39 is 0 Å². The second-order valence-electron chi connectivity index (χ2n) is 7.15. The topological polar surface area (TPSA) is 0 Å². The van der Waals surface area contributed by atoms with Gasteiger partial charge in [-0.3, -0.25) is 0 Å². The molecule has 144 valence electrons. The Balaban J connectivity index is 2.02. The third kappa shape index (κ3) is 4.07. The lowest BCUT2D eigenvalue weighted by molar-refractivity contribution is 1.41. The van der Waals surface area contributed by atoms with Crippen molar-refractivity contribution < 1.29 is 0 Å². The third-order valence-corrected chi connectivity index (χ3v) is 7.56. The molecule has 29 heavy (non-hydrogen) atoms. The van der Waals surface area contributed by atoms with E-state index >= 15 is 0 Å². The predicted octanol–water partition coefficient (Wildman–Crippen LogP) is 9.48. The van der Waals surface area contributed by atoms with Gasteiger partial charge in [0, 0.05) is 19.5 Å². The molecule has 0 aromatic heterocycles. The zero-order valence-electron chi connectivity index (χ0n) is 16.1. The van der Waals surface area contributed by atoms with Gasteiger partial charge in [-0.1, -0.05) is 66.2 Å². The SMILES string of the molecule is Cc1cccc(-c2cc(-c3ccccc3Cl)cc(-c3cccc(C)c3Br)c2)c1Br. The van der Waals surface area contributed by atoms with Gasteiger partial charge in [-0.2, -0.15) is 0 Å². The molecule has 4 aromatic rings. The molecule has 0 N–H and O–H groups in total. The van der Waals surface area contributed by atoms with Crippen LogP contribution in [0.5, 0.6) is 0 Å². The average molecular weight is 527 g/mol. The summed E-state index contributed by atoms with van der Waals surface area (Å²) in [6, 6.07) is 27.4. The first-order valence-electron chi connectivity index (χ1n) is 9.36. The summed E-state index contributed by atoms with van der Waals surface area (Å²) < 4.78 is 2.23. The quantitative estimate of drug-likeness (QED) is 0.249. The van der Waals surface area contributed by atoms with Crippen molar-refractivity contribution in [2.75, 3.05) is 0 Å². The van der Waals surface area contributed by atoms with Crippen LogP contribution < -0.4 is 0 Å². The van der Waals surface area contributed by atoms with E-state index in [0.29, 0.717) is 0 Å². The molecule has 4 aromatic carbocycles. The fraction of sp³-hybridized carbons (Fsp3) is 0.0769. The van der Waals surface area contributed by atoms with Gasteiger partial charge in [0.05, 0.1) is 0 Å². The first-order valence-corrected chi connectivity index (χ1v) is 11.3. The first kappa shape index (κ1) is 20.4. The van der Waals surface area contributed by atoms with Crippen molar-refractivity contribution in [2.24, 2.45) is 0 Å². The largest absolute Gasteiger partial charge is 0.0837 e. The molecule has 0 aliphatic carbocycles. The standard InChI is InChI=1S/C26H19Br2Cl/c1-16-7-5-10-22(25(16)27)19-13-18(21-9-3-4-12-24(21)29)14-20(15-19)23-11-6-8-17(2)26(23)28/h3-15H,1-2H3. The molecule has 0 spiro atoms. The molecule has 0 saturated carbocycles. The van der Waals surface area contributed by atoms with Crippen LogP contribution in [0.2, 0.25) is 5.02 Å². The summed E-state index contributed by atoms with van der Waals surface area (Å²) in [7, 11) is 0. The summed E-state index contributed by atoms with van der Waals surface area (Å²) in [5, 5.41) is 0.752. The van der Waals surface area contributed by atoms with Crippen LogP contribution in [0.25, 0.3) is 33.4 Å². The molecule has 3 heteroatoms. The molecule has 0 radical (unpaired) electrons. The maximum Gasteiger partial charge on any atom is 0.0484 e. The molecule has 0 aliphatic rings. The van der Waals surface area contributed by atoms with Gasteiger partial charge in [-0.15, -0.1) is 0 Å². The van der Waals surface area contributed by atoms with Crippen LogP contribution in [0.15, 0.2) is 87.8 Å². The van der Waals surface area contributed by atoms with Crippen molar-refractivity contribution in [2.45, 2.75) is 13.8 Å². The van der Waals surface area contributed by atoms with Crippen molar-refractivity contribution in [3.05, 3.63) is 104 Å². The molecular formula is C26H19Br2Cl. The van der Waals surface area contributed by atoms with E-state index in [4.69, 9.17) is 11.6 Å². The van der Waals surface area contributed by atoms with Crippen LogP contribution in [0.1, 0.15) is 11.1 Å². The van der Waals surface area contributed by atoms with E-state index in [9.17, 15) is 0 Å². The summed E-state index contributed by atoms with van der Waals surface area (Å²) in [4.78, 5) is 0. The van der Waals surface area contributed by atoms with Crippen molar-refractivity contribution in [1.82, 2.24) is 0 Å². The van der Waals surface area contributed by atoms with E-state index in [1.54, 1.807) is 0 Å². The fourth-order valence-electron chi connectivity index (χ4n) is 3.53. The van der Waals surface area contributed by atoms with Gasteiger partial charge in [0.1, 0.15) is 0 Å². The van der Waals surface area contributed by atoms with Gasteiger partial charge >= 0.3 is 0 Å². The van der Waals surface area contributed by atoms with Crippen LogP contribution in [-0.4, -0.2) is 0 Å². The first-order chi connectivity index (χ1) is 14.0. The van der Waals surface area contributed by atoms with E-state index in [1.165, 1.54) is 22.3 Å². The highest BCUT2D eigenvalue weighted by Gasteiger charge is 2.13. The molecular weight excluding hydrogens is 508 g/mol. The van der Waals surface area contributed by atoms with Gasteiger partial charge in [-0.25, -0.2) is 0 Å². The number of rotatable bonds is 3. The summed E-state index contributed by atoms with van der Waals surface area (Å²) in [6.07, 6.45) is 0. The van der Waals surface area contributed by atoms with Crippen molar-refractivity contribution in [3.8, 4) is 33.4 Å². The highest BCUT2D eigenvalue weighted by Crippen LogP contribution is 2.40. The number of hydrogen-bond acceptors (Lipinski definition) is 0. The van der Waals surface area contributed by atoms with Gasteiger partial charge in [0.2, 0.25) is 0 Å². The Morgan fingerprint density at radius 1 is 0.552 bits per heavy atom. The summed E-state index contributed by atoms with van der Waals surface area (Å²) in [6.45, 7) is 4.23. The van der Waals surface area contributed by atoms with Crippen LogP contribution in [0, 0.1) is 13.8 Å². The van der Waals surface area contributed by atoms with Gasteiger partial charge < -0.3 is 0 Å². The van der Waals surface area contributed by atoms with Crippen LogP contribution in [0.4, 0.5) is 0 Å². The van der Waals surface area contributed by atoms with Crippen LogP contribution >= 0.6 is 43.5 Å². The second-order valence-corrected chi connectivity index (χ2v) is 9.14. The van der Waals surface area contributed by atoms with Crippen molar-refractivity contribution >= 4 is 43.5 Å². The average Bonchev–Trinajstić information content (AvgIpc) is 2.72. The number of hydrogen-bond donors (Lipinski definition) is 0. The Bertz CT molecular complexity index is 1140. The Kier molecular flexibility index (Phi) is 5.96. The molecule has 0 heterocycles. The Morgan fingerprint density at radius 3 is 1.45 bits per heavy atom. The Labute approximate surface area is 193 Å². The number of benzene rings is 4. The maximum atomic E-state index is 6.55. The van der Waals surface area contributed by atoms with Gasteiger partial charge in [0.15, 0.2) is 0 Å². The van der Waals surface area contributed by atoms with Crippen LogP contribution in [-0.2, 0) is 0 Å². The maximum absolute atomic E-state index is 6.55. The fourth-order valence-corrected chi connectivity index (χ4v) is 4.76. The molecule has 0 aliphatic heterocycles. The molecule has 0 unspecified atom stereocenters. The molecule has 0 fully saturated rings. The molecule has 4 rings (SSSR count). The van der Waals surface area contributed by atoms with Crippen LogP contribution in [0.3, 0.4) is 0 Å². The highest BCUT2D eigenvalue weighted by atomic mass is 79.9. The minimum Gasteiger partial charge on any atom is -0.0837 e. The van der Waals surface area contributed by atoms with Crippen molar-refractivity contribution in [1.29, 1.82) is 0 Å². The predicted molar refractivity (Wildman–Crippen MR) is 133 cm³/mol. The molecule has 0 saturated heterocycles. The minimum absolute atomic E-state index is 0.752. The number of halogens is 3. The zero-order chi connectivity index (χ0) is 20.5. The van der Waals surface area contributed by atoms with Crippen molar-refractivity contribution in [3.63, 3.8) is 0 Å². The molecule has 0 bridgehead atoms. The Morgan fingerprint density at radius 2 is 0.966 bits per heavy atom. The molecule has 0 atom stereocenters. The third-order valence-electron chi connectivity index (χ3n) is 5.12. The zero-order valence-corrected chi connectivity index (χ0v) is 20.1. The lowest BCUT2D eigenvalue weighted by Crippen LogP contribution is -1.90. The van der Waals surface area contributed by atoms with E-state index in [1.807, 2.05) is 18.2 Å². The second kappa shape index (κ2) is 8.47. The molecule has 0 nitrogen and oxygen atoms in total. The minimum atomic E-state index is 0.752.